The summed E-state index contributed by atoms with van der Waals surface area (Å²) in [6.45, 7) is 3.64. The predicted octanol–water partition coefficient (Wildman–Crippen LogP) is 3.83. The van der Waals surface area contributed by atoms with E-state index in [9.17, 15) is 4.79 Å². The second-order valence-corrected chi connectivity index (χ2v) is 7.80. The second-order valence-electron chi connectivity index (χ2n) is 7.37. The maximum Gasteiger partial charge on any atom is 0.244 e. The smallest absolute Gasteiger partial charge is 0.244 e. The normalized spacial score (nSPS) is 17.1. The summed E-state index contributed by atoms with van der Waals surface area (Å²) >= 11 is 6.05. The number of hydrogen-bond acceptors (Lipinski definition) is 4. The van der Waals surface area contributed by atoms with Gasteiger partial charge in [-0.05, 0) is 43.0 Å². The molecule has 6 nitrogen and oxygen atoms in total. The second kappa shape index (κ2) is 8.19. The summed E-state index contributed by atoms with van der Waals surface area (Å²) in [6, 6.07) is 7.74. The van der Waals surface area contributed by atoms with Crippen molar-refractivity contribution in [3.05, 3.63) is 70.7 Å². The van der Waals surface area contributed by atoms with Gasteiger partial charge in [-0.3, -0.25) is 9.48 Å². The van der Waals surface area contributed by atoms with Crippen LogP contribution in [-0.4, -0.2) is 38.7 Å². The van der Waals surface area contributed by atoms with Crippen molar-refractivity contribution >= 4 is 17.5 Å². The molecule has 1 fully saturated rings. The fourth-order valence-electron chi connectivity index (χ4n) is 3.64. The highest BCUT2D eigenvalue weighted by atomic mass is 35.5. The topological polar surface area (TPSA) is 64.2 Å². The SMILES string of the molecule is Cc1cnn(CC(=O)N2CCC[C@@H](c3ncc(Cc4cccc(Cl)c4)o3)C2)c1. The van der Waals surface area contributed by atoms with Gasteiger partial charge in [-0.1, -0.05) is 23.7 Å². The van der Waals surface area contributed by atoms with Gasteiger partial charge in [-0.25, -0.2) is 4.98 Å². The Morgan fingerprint density at radius 1 is 1.36 bits per heavy atom. The van der Waals surface area contributed by atoms with Crippen molar-refractivity contribution in [1.82, 2.24) is 19.7 Å². The first kappa shape index (κ1) is 18.7. The minimum absolute atomic E-state index is 0.0820. The van der Waals surface area contributed by atoms with Crippen LogP contribution in [0.1, 0.15) is 41.5 Å². The number of carbonyl (C=O) groups is 1. The standard InChI is InChI=1S/C21H23ClN4O2/c1-15-10-24-26(12-15)14-20(27)25-7-3-5-17(13-25)21-23-11-19(28-21)9-16-4-2-6-18(22)8-16/h2,4,6,8,10-12,17H,3,5,7,9,13-14H2,1H3/t17-/m1/s1. The van der Waals surface area contributed by atoms with E-state index in [-0.39, 0.29) is 18.4 Å². The van der Waals surface area contributed by atoms with Gasteiger partial charge in [0.25, 0.3) is 0 Å². The minimum atomic E-state index is 0.0820. The summed E-state index contributed by atoms with van der Waals surface area (Å²) in [6.07, 6.45) is 8.00. The van der Waals surface area contributed by atoms with Crippen LogP contribution < -0.4 is 0 Å². The molecule has 0 radical (unpaired) electrons. The molecule has 0 bridgehead atoms. The fourth-order valence-corrected chi connectivity index (χ4v) is 3.85. The predicted molar refractivity (Wildman–Crippen MR) is 106 cm³/mol. The van der Waals surface area contributed by atoms with Crippen LogP contribution >= 0.6 is 11.6 Å². The van der Waals surface area contributed by atoms with E-state index in [2.05, 4.69) is 10.1 Å². The maximum absolute atomic E-state index is 12.6. The molecule has 1 amide bonds. The third-order valence-corrected chi connectivity index (χ3v) is 5.26. The molecule has 1 aromatic carbocycles. The van der Waals surface area contributed by atoms with Crippen molar-refractivity contribution in [3.63, 3.8) is 0 Å². The van der Waals surface area contributed by atoms with Crippen LogP contribution in [0, 0.1) is 6.92 Å². The first-order valence-corrected chi connectivity index (χ1v) is 9.90. The van der Waals surface area contributed by atoms with Crippen LogP contribution in [-0.2, 0) is 17.8 Å². The number of rotatable bonds is 5. The largest absolute Gasteiger partial charge is 0.445 e. The summed E-state index contributed by atoms with van der Waals surface area (Å²) < 4.78 is 7.70. The molecule has 1 aliphatic rings. The van der Waals surface area contributed by atoms with Gasteiger partial charge in [0.05, 0.1) is 18.3 Å². The number of aryl methyl sites for hydroxylation is 1. The number of amides is 1. The van der Waals surface area contributed by atoms with E-state index >= 15 is 0 Å². The molecular weight excluding hydrogens is 376 g/mol. The van der Waals surface area contributed by atoms with Crippen molar-refractivity contribution in [3.8, 4) is 0 Å². The third kappa shape index (κ3) is 4.44. The average Bonchev–Trinajstić information content (AvgIpc) is 3.31. The molecule has 0 saturated carbocycles. The zero-order chi connectivity index (χ0) is 19.5. The minimum Gasteiger partial charge on any atom is -0.445 e. The highest BCUT2D eigenvalue weighted by Crippen LogP contribution is 2.27. The van der Waals surface area contributed by atoms with Crippen LogP contribution in [0.25, 0.3) is 0 Å². The molecule has 7 heteroatoms. The van der Waals surface area contributed by atoms with Gasteiger partial charge >= 0.3 is 0 Å². The number of benzene rings is 1. The molecule has 0 N–H and O–H groups in total. The van der Waals surface area contributed by atoms with E-state index in [1.165, 1.54) is 0 Å². The zero-order valence-electron chi connectivity index (χ0n) is 15.8. The number of aromatic nitrogens is 3. The summed E-state index contributed by atoms with van der Waals surface area (Å²) in [4.78, 5) is 19.0. The van der Waals surface area contributed by atoms with Crippen LogP contribution in [0.3, 0.4) is 0 Å². The number of likely N-dealkylation sites (tertiary alicyclic amines) is 1. The van der Waals surface area contributed by atoms with Crippen molar-refractivity contribution in [2.24, 2.45) is 0 Å². The summed E-state index contributed by atoms with van der Waals surface area (Å²) in [7, 11) is 0. The van der Waals surface area contributed by atoms with Crippen molar-refractivity contribution in [2.45, 2.75) is 38.6 Å². The van der Waals surface area contributed by atoms with Crippen LogP contribution in [0.2, 0.25) is 5.02 Å². The molecule has 146 valence electrons. The monoisotopic (exact) mass is 398 g/mol. The Labute approximate surface area is 169 Å². The molecular formula is C21H23ClN4O2. The number of oxazole rings is 1. The first-order chi connectivity index (χ1) is 13.6. The fraction of sp³-hybridized carbons (Fsp3) is 0.381. The van der Waals surface area contributed by atoms with E-state index in [4.69, 9.17) is 16.0 Å². The van der Waals surface area contributed by atoms with Crippen LogP contribution in [0.4, 0.5) is 0 Å². The number of hydrogen-bond donors (Lipinski definition) is 0. The molecule has 2 aromatic heterocycles. The van der Waals surface area contributed by atoms with E-state index in [1.807, 2.05) is 42.3 Å². The van der Waals surface area contributed by atoms with Crippen molar-refractivity contribution < 1.29 is 9.21 Å². The molecule has 28 heavy (non-hydrogen) atoms. The number of carbonyl (C=O) groups excluding carboxylic acids is 1. The van der Waals surface area contributed by atoms with E-state index in [1.54, 1.807) is 17.1 Å². The molecule has 1 saturated heterocycles. The highest BCUT2D eigenvalue weighted by Gasteiger charge is 2.28. The third-order valence-electron chi connectivity index (χ3n) is 5.02. The van der Waals surface area contributed by atoms with E-state index in [0.29, 0.717) is 23.9 Å². The van der Waals surface area contributed by atoms with Gasteiger partial charge in [0, 0.05) is 30.7 Å². The highest BCUT2D eigenvalue weighted by molar-refractivity contribution is 6.30. The average molecular weight is 399 g/mol. The Kier molecular flexibility index (Phi) is 5.48. The summed E-state index contributed by atoms with van der Waals surface area (Å²) in [5, 5.41) is 4.92. The lowest BCUT2D eigenvalue weighted by molar-refractivity contribution is -0.133. The Morgan fingerprint density at radius 2 is 2.25 bits per heavy atom. The van der Waals surface area contributed by atoms with Gasteiger partial charge in [0.15, 0.2) is 5.89 Å². The van der Waals surface area contributed by atoms with Crippen LogP contribution in [0.15, 0.2) is 47.3 Å². The molecule has 3 heterocycles. The molecule has 3 aromatic rings. The van der Waals surface area contributed by atoms with Crippen LogP contribution in [0.5, 0.6) is 0 Å². The van der Waals surface area contributed by atoms with Gasteiger partial charge in [-0.15, -0.1) is 0 Å². The molecule has 0 aliphatic carbocycles. The maximum atomic E-state index is 12.6. The lowest BCUT2D eigenvalue weighted by atomic mass is 9.98. The zero-order valence-corrected chi connectivity index (χ0v) is 16.6. The van der Waals surface area contributed by atoms with E-state index in [0.717, 1.165) is 36.3 Å². The van der Waals surface area contributed by atoms with Gasteiger partial charge < -0.3 is 9.32 Å². The molecule has 1 aliphatic heterocycles. The Balaban J connectivity index is 1.39. The summed E-state index contributed by atoms with van der Waals surface area (Å²) in [5.41, 5.74) is 2.14. The summed E-state index contributed by atoms with van der Waals surface area (Å²) in [5.74, 6) is 1.74. The number of halogens is 1. The quantitative estimate of drug-likeness (QED) is 0.655. The van der Waals surface area contributed by atoms with Crippen molar-refractivity contribution in [1.29, 1.82) is 0 Å². The lowest BCUT2D eigenvalue weighted by Gasteiger charge is -2.31. The molecule has 0 unspecified atom stereocenters. The van der Waals surface area contributed by atoms with Gasteiger partial charge in [0.2, 0.25) is 5.91 Å². The van der Waals surface area contributed by atoms with Gasteiger partial charge in [-0.2, -0.15) is 5.10 Å². The number of nitrogens with zero attached hydrogens (tertiary/aromatic N) is 4. The first-order valence-electron chi connectivity index (χ1n) is 9.53. The molecule has 0 spiro atoms. The Hall–Kier alpha value is -2.60. The van der Waals surface area contributed by atoms with Gasteiger partial charge in [0.1, 0.15) is 12.3 Å². The lowest BCUT2D eigenvalue weighted by Crippen LogP contribution is -2.41. The molecule has 4 rings (SSSR count). The van der Waals surface area contributed by atoms with E-state index < -0.39 is 0 Å². The Morgan fingerprint density at radius 3 is 3.04 bits per heavy atom. The molecule has 1 atom stereocenters. The Bertz CT molecular complexity index is 965. The number of piperidine rings is 1. The van der Waals surface area contributed by atoms with Crippen molar-refractivity contribution in [2.75, 3.05) is 13.1 Å².